The molecule has 0 fully saturated rings. The Morgan fingerprint density at radius 1 is 1.15 bits per heavy atom. The molecule has 0 radical (unpaired) electrons. The Labute approximate surface area is 155 Å². The molecule has 2 N–H and O–H groups in total. The number of amides is 1. The summed E-state index contributed by atoms with van der Waals surface area (Å²) in [6.45, 7) is 0.321. The first-order chi connectivity index (χ1) is 12.7. The number of hydrogen-bond donors (Lipinski definition) is 2. The molecule has 2 aromatic heterocycles. The molecule has 0 aliphatic carbocycles. The molecule has 0 bridgehead atoms. The van der Waals surface area contributed by atoms with E-state index in [1.165, 1.54) is 0 Å². The molecular weight excluding hydrogens is 354 g/mol. The predicted octanol–water partition coefficient (Wildman–Crippen LogP) is 3.21. The van der Waals surface area contributed by atoms with E-state index in [1.807, 2.05) is 18.2 Å². The molecule has 0 saturated carbocycles. The van der Waals surface area contributed by atoms with Gasteiger partial charge in [0, 0.05) is 11.2 Å². The van der Waals surface area contributed by atoms with Crippen molar-refractivity contribution in [2.75, 3.05) is 12.4 Å². The van der Waals surface area contributed by atoms with Gasteiger partial charge in [-0.2, -0.15) is 0 Å². The number of carbonyl (C=O) groups excluding carboxylic acids is 1. The zero-order valence-corrected chi connectivity index (χ0v) is 14.7. The smallest absolute Gasteiger partial charge is 0.272 e. The first-order valence-corrected chi connectivity index (χ1v) is 8.16. The largest absolute Gasteiger partial charge is 0.495 e. The van der Waals surface area contributed by atoms with Gasteiger partial charge in [0.15, 0.2) is 11.5 Å². The van der Waals surface area contributed by atoms with E-state index >= 15 is 0 Å². The molecule has 1 aromatic carbocycles. The number of nitrogens with one attached hydrogen (secondary N) is 2. The summed E-state index contributed by atoms with van der Waals surface area (Å²) in [6, 6.07) is 13.9. The average molecular weight is 370 g/mol. The number of ether oxygens (including phenoxy) is 1. The second kappa shape index (κ2) is 8.26. The van der Waals surface area contributed by atoms with Crippen molar-refractivity contribution in [1.82, 2.24) is 20.5 Å². The van der Waals surface area contributed by atoms with E-state index in [0.29, 0.717) is 28.8 Å². The van der Waals surface area contributed by atoms with Crippen LogP contribution in [0.5, 0.6) is 5.75 Å². The van der Waals surface area contributed by atoms with E-state index in [2.05, 4.69) is 25.8 Å². The van der Waals surface area contributed by atoms with Gasteiger partial charge in [-0.15, -0.1) is 10.2 Å². The molecule has 1 amide bonds. The quantitative estimate of drug-likeness (QED) is 0.693. The molecule has 0 aliphatic rings. The second-order valence-corrected chi connectivity index (χ2v) is 5.71. The van der Waals surface area contributed by atoms with Gasteiger partial charge in [-0.25, -0.2) is 0 Å². The Kier molecular flexibility index (Phi) is 5.60. The van der Waals surface area contributed by atoms with Gasteiger partial charge in [0.25, 0.3) is 5.91 Å². The molecule has 132 valence electrons. The second-order valence-electron chi connectivity index (χ2n) is 5.28. The minimum atomic E-state index is -0.324. The van der Waals surface area contributed by atoms with Crippen LogP contribution in [0.15, 0.2) is 54.7 Å². The standard InChI is InChI=1S/C18H16ClN5O2/c1-26-16-7-5-12(19)10-15(16)22-17-8-6-14(23-24-17)18(25)21-11-13-4-2-3-9-20-13/h2-10H,11H2,1H3,(H,21,25)(H,22,24). The van der Waals surface area contributed by atoms with Crippen molar-refractivity contribution in [2.24, 2.45) is 0 Å². The van der Waals surface area contributed by atoms with E-state index in [-0.39, 0.29) is 11.6 Å². The maximum Gasteiger partial charge on any atom is 0.272 e. The Balaban J connectivity index is 1.65. The maximum atomic E-state index is 12.1. The van der Waals surface area contributed by atoms with Crippen LogP contribution in [0.25, 0.3) is 0 Å². The van der Waals surface area contributed by atoms with Crippen molar-refractivity contribution in [2.45, 2.75) is 6.54 Å². The summed E-state index contributed by atoms with van der Waals surface area (Å²) in [5.74, 6) is 0.760. The topological polar surface area (TPSA) is 89.0 Å². The molecular formula is C18H16ClN5O2. The first-order valence-electron chi connectivity index (χ1n) is 7.78. The summed E-state index contributed by atoms with van der Waals surface area (Å²) in [7, 11) is 1.56. The average Bonchev–Trinajstić information content (AvgIpc) is 2.68. The van der Waals surface area contributed by atoms with Crippen LogP contribution < -0.4 is 15.4 Å². The van der Waals surface area contributed by atoms with E-state index < -0.39 is 0 Å². The highest BCUT2D eigenvalue weighted by atomic mass is 35.5. The van der Waals surface area contributed by atoms with Gasteiger partial charge in [0.2, 0.25) is 0 Å². The van der Waals surface area contributed by atoms with Crippen LogP contribution in [-0.2, 0) is 6.54 Å². The SMILES string of the molecule is COc1ccc(Cl)cc1Nc1ccc(C(=O)NCc2ccccn2)nn1. The molecule has 7 nitrogen and oxygen atoms in total. The van der Waals surface area contributed by atoms with E-state index in [0.717, 1.165) is 5.69 Å². The van der Waals surface area contributed by atoms with E-state index in [1.54, 1.807) is 43.6 Å². The van der Waals surface area contributed by atoms with Crippen molar-refractivity contribution < 1.29 is 9.53 Å². The summed E-state index contributed by atoms with van der Waals surface area (Å²) in [4.78, 5) is 16.3. The van der Waals surface area contributed by atoms with Gasteiger partial charge in [0.1, 0.15) is 5.75 Å². The molecule has 0 atom stereocenters. The molecule has 2 heterocycles. The van der Waals surface area contributed by atoms with E-state index in [9.17, 15) is 4.79 Å². The number of pyridine rings is 1. The molecule has 0 aliphatic heterocycles. The first kappa shape index (κ1) is 17.6. The highest BCUT2D eigenvalue weighted by Gasteiger charge is 2.10. The Morgan fingerprint density at radius 2 is 2.04 bits per heavy atom. The number of aromatic nitrogens is 3. The summed E-state index contributed by atoms with van der Waals surface area (Å²) >= 11 is 6.00. The zero-order chi connectivity index (χ0) is 18.4. The van der Waals surface area contributed by atoms with Gasteiger partial charge in [-0.3, -0.25) is 9.78 Å². The van der Waals surface area contributed by atoms with Gasteiger partial charge >= 0.3 is 0 Å². The Bertz CT molecular complexity index is 888. The van der Waals surface area contributed by atoms with Crippen molar-refractivity contribution >= 4 is 29.0 Å². The number of benzene rings is 1. The van der Waals surface area contributed by atoms with Gasteiger partial charge < -0.3 is 15.4 Å². The number of methoxy groups -OCH3 is 1. The zero-order valence-electron chi connectivity index (χ0n) is 13.9. The lowest BCUT2D eigenvalue weighted by Gasteiger charge is -2.10. The number of halogens is 1. The molecule has 8 heteroatoms. The number of anilines is 2. The van der Waals surface area contributed by atoms with Crippen molar-refractivity contribution in [1.29, 1.82) is 0 Å². The maximum absolute atomic E-state index is 12.1. The van der Waals surface area contributed by atoms with E-state index in [4.69, 9.17) is 16.3 Å². The number of rotatable bonds is 6. The van der Waals surface area contributed by atoms with Gasteiger partial charge in [0.05, 0.1) is 25.0 Å². The van der Waals surface area contributed by atoms with Crippen LogP contribution in [0.3, 0.4) is 0 Å². The van der Waals surface area contributed by atoms with Crippen LogP contribution in [0.2, 0.25) is 5.02 Å². The Hall–Kier alpha value is -3.19. The third kappa shape index (κ3) is 4.46. The van der Waals surface area contributed by atoms with Crippen molar-refractivity contribution in [3.8, 4) is 5.75 Å². The molecule has 0 spiro atoms. The van der Waals surface area contributed by atoms with Gasteiger partial charge in [-0.1, -0.05) is 17.7 Å². The minimum Gasteiger partial charge on any atom is -0.495 e. The van der Waals surface area contributed by atoms with Crippen LogP contribution in [-0.4, -0.2) is 28.2 Å². The van der Waals surface area contributed by atoms with Gasteiger partial charge in [-0.05, 0) is 42.5 Å². The lowest BCUT2D eigenvalue weighted by Crippen LogP contribution is -2.24. The molecule has 26 heavy (non-hydrogen) atoms. The Morgan fingerprint density at radius 3 is 2.73 bits per heavy atom. The molecule has 3 rings (SSSR count). The fraction of sp³-hybridized carbons (Fsp3) is 0.111. The molecule has 0 saturated heterocycles. The number of hydrogen-bond acceptors (Lipinski definition) is 6. The third-order valence-electron chi connectivity index (χ3n) is 3.48. The van der Waals surface area contributed by atoms with Crippen molar-refractivity contribution in [3.63, 3.8) is 0 Å². The molecule has 0 unspecified atom stereocenters. The van der Waals surface area contributed by atoms with Crippen LogP contribution in [0.1, 0.15) is 16.2 Å². The summed E-state index contributed by atoms with van der Waals surface area (Å²) < 4.78 is 5.27. The summed E-state index contributed by atoms with van der Waals surface area (Å²) in [6.07, 6.45) is 1.67. The third-order valence-corrected chi connectivity index (χ3v) is 3.71. The molecule has 3 aromatic rings. The van der Waals surface area contributed by atoms with Crippen LogP contribution in [0.4, 0.5) is 11.5 Å². The van der Waals surface area contributed by atoms with Crippen LogP contribution in [0, 0.1) is 0 Å². The fourth-order valence-corrected chi connectivity index (χ4v) is 2.37. The van der Waals surface area contributed by atoms with Crippen LogP contribution >= 0.6 is 11.6 Å². The lowest BCUT2D eigenvalue weighted by molar-refractivity contribution is 0.0944. The number of nitrogens with zero attached hydrogens (tertiary/aromatic N) is 3. The highest BCUT2D eigenvalue weighted by Crippen LogP contribution is 2.29. The lowest BCUT2D eigenvalue weighted by atomic mass is 10.3. The monoisotopic (exact) mass is 369 g/mol. The summed E-state index contributed by atoms with van der Waals surface area (Å²) in [5, 5.41) is 14.3. The normalized spacial score (nSPS) is 10.2. The highest BCUT2D eigenvalue weighted by molar-refractivity contribution is 6.31. The van der Waals surface area contributed by atoms with Crippen molar-refractivity contribution in [3.05, 3.63) is 71.1 Å². The number of carbonyl (C=O) groups is 1. The summed E-state index contributed by atoms with van der Waals surface area (Å²) in [5.41, 5.74) is 1.63. The predicted molar refractivity (Wildman–Crippen MR) is 98.7 cm³/mol. The fourth-order valence-electron chi connectivity index (χ4n) is 2.20. The minimum absolute atomic E-state index is 0.213.